The van der Waals surface area contributed by atoms with E-state index in [-0.39, 0.29) is 29.6 Å². The molecule has 0 saturated carbocycles. The molecule has 1 saturated heterocycles. The third-order valence-corrected chi connectivity index (χ3v) is 6.92. The van der Waals surface area contributed by atoms with E-state index in [1.807, 2.05) is 37.3 Å². The van der Waals surface area contributed by atoms with Gasteiger partial charge in [-0.05, 0) is 31.0 Å². The fourth-order valence-corrected chi connectivity index (χ4v) is 4.80. The molecule has 0 radical (unpaired) electrons. The van der Waals surface area contributed by atoms with E-state index < -0.39 is 10.0 Å². The van der Waals surface area contributed by atoms with Gasteiger partial charge in [0.25, 0.3) is 0 Å². The molecule has 0 atom stereocenters. The Balaban J connectivity index is 1.52. The van der Waals surface area contributed by atoms with E-state index in [0.29, 0.717) is 19.6 Å². The van der Waals surface area contributed by atoms with Crippen LogP contribution in [0.25, 0.3) is 0 Å². The third kappa shape index (κ3) is 4.94. The molecule has 152 valence electrons. The van der Waals surface area contributed by atoms with Gasteiger partial charge in [0, 0.05) is 32.7 Å². The molecular formula is C21H24N4O3S. The van der Waals surface area contributed by atoms with Crippen LogP contribution < -0.4 is 5.32 Å². The van der Waals surface area contributed by atoms with Crippen LogP contribution >= 0.6 is 0 Å². The summed E-state index contributed by atoms with van der Waals surface area (Å²) in [4.78, 5) is 14.0. The van der Waals surface area contributed by atoms with Crippen molar-refractivity contribution in [1.82, 2.24) is 14.5 Å². The molecule has 7 nitrogen and oxygen atoms in total. The molecule has 0 bridgehead atoms. The summed E-state index contributed by atoms with van der Waals surface area (Å²) in [6, 6.07) is 16.1. The number of amides is 2. The average molecular weight is 413 g/mol. The zero-order chi connectivity index (χ0) is 20.9. The quantitative estimate of drug-likeness (QED) is 0.814. The Bertz CT molecular complexity index is 1000. The molecule has 0 aliphatic carbocycles. The number of rotatable bonds is 5. The number of urea groups is 1. The first kappa shape index (κ1) is 20.8. The zero-order valence-corrected chi connectivity index (χ0v) is 17.2. The lowest BCUT2D eigenvalue weighted by Gasteiger charge is -2.34. The van der Waals surface area contributed by atoms with E-state index in [1.165, 1.54) is 22.0 Å². The minimum atomic E-state index is -3.76. The van der Waals surface area contributed by atoms with E-state index in [4.69, 9.17) is 0 Å². The molecule has 2 amide bonds. The summed E-state index contributed by atoms with van der Waals surface area (Å²) in [6.45, 7) is 3.58. The molecule has 0 unspecified atom stereocenters. The maximum Gasteiger partial charge on any atom is 0.317 e. The van der Waals surface area contributed by atoms with Gasteiger partial charge in [0.15, 0.2) is 0 Å². The highest BCUT2D eigenvalue weighted by atomic mass is 32.2. The summed E-state index contributed by atoms with van der Waals surface area (Å²) in [7, 11) is -3.76. The van der Waals surface area contributed by atoms with Gasteiger partial charge < -0.3 is 10.2 Å². The van der Waals surface area contributed by atoms with E-state index in [1.54, 1.807) is 17.0 Å². The van der Waals surface area contributed by atoms with Crippen LogP contribution in [0.4, 0.5) is 4.79 Å². The van der Waals surface area contributed by atoms with Crippen molar-refractivity contribution in [2.75, 3.05) is 32.7 Å². The predicted octanol–water partition coefficient (Wildman–Crippen LogP) is 2.13. The SMILES string of the molecule is Cc1ccc(CCNC(=O)N2CCN(S(=O)(=O)c3ccccc3C#N)CC2)cc1. The zero-order valence-electron chi connectivity index (χ0n) is 16.3. The van der Waals surface area contributed by atoms with Crippen LogP contribution in [-0.2, 0) is 16.4 Å². The van der Waals surface area contributed by atoms with Crippen molar-refractivity contribution in [3.8, 4) is 6.07 Å². The fourth-order valence-electron chi connectivity index (χ4n) is 3.23. The summed E-state index contributed by atoms with van der Waals surface area (Å²) >= 11 is 0. The number of nitrogens with one attached hydrogen (secondary N) is 1. The lowest BCUT2D eigenvalue weighted by Crippen LogP contribution is -2.53. The number of hydrogen-bond acceptors (Lipinski definition) is 4. The number of piperazine rings is 1. The first-order valence-corrected chi connectivity index (χ1v) is 10.9. The molecule has 1 aliphatic rings. The average Bonchev–Trinajstić information content (AvgIpc) is 2.75. The molecule has 29 heavy (non-hydrogen) atoms. The Labute approximate surface area is 171 Å². The van der Waals surface area contributed by atoms with Crippen LogP contribution in [0.1, 0.15) is 16.7 Å². The van der Waals surface area contributed by atoms with Gasteiger partial charge in [0.05, 0.1) is 10.5 Å². The molecule has 1 fully saturated rings. The Hall–Kier alpha value is -2.89. The molecule has 8 heteroatoms. The predicted molar refractivity (Wildman–Crippen MR) is 110 cm³/mol. The number of aryl methyl sites for hydroxylation is 1. The highest BCUT2D eigenvalue weighted by Gasteiger charge is 2.31. The van der Waals surface area contributed by atoms with Gasteiger partial charge in [-0.3, -0.25) is 0 Å². The van der Waals surface area contributed by atoms with Crippen molar-refractivity contribution in [3.63, 3.8) is 0 Å². The minimum Gasteiger partial charge on any atom is -0.338 e. The van der Waals surface area contributed by atoms with Gasteiger partial charge in [-0.15, -0.1) is 0 Å². The topological polar surface area (TPSA) is 93.5 Å². The summed E-state index contributed by atoms with van der Waals surface area (Å²) < 4.78 is 27.0. The third-order valence-electron chi connectivity index (χ3n) is 4.96. The first-order chi connectivity index (χ1) is 13.9. The smallest absolute Gasteiger partial charge is 0.317 e. The summed E-state index contributed by atoms with van der Waals surface area (Å²) in [5, 5.41) is 12.1. The van der Waals surface area contributed by atoms with E-state index in [0.717, 1.165) is 12.0 Å². The molecule has 1 heterocycles. The summed E-state index contributed by atoms with van der Waals surface area (Å²) in [5.74, 6) is 0. The van der Waals surface area contributed by atoms with Crippen LogP contribution in [0, 0.1) is 18.3 Å². The highest BCUT2D eigenvalue weighted by Crippen LogP contribution is 2.21. The van der Waals surface area contributed by atoms with Gasteiger partial charge >= 0.3 is 6.03 Å². The van der Waals surface area contributed by atoms with Crippen molar-refractivity contribution in [3.05, 3.63) is 65.2 Å². The minimum absolute atomic E-state index is 0.0125. The Kier molecular flexibility index (Phi) is 6.52. The molecule has 1 N–H and O–H groups in total. The second-order valence-corrected chi connectivity index (χ2v) is 8.87. The molecule has 2 aromatic rings. The van der Waals surface area contributed by atoms with Crippen LogP contribution in [0.2, 0.25) is 0 Å². The van der Waals surface area contributed by atoms with Crippen molar-refractivity contribution in [2.45, 2.75) is 18.2 Å². The first-order valence-electron chi connectivity index (χ1n) is 9.49. The largest absolute Gasteiger partial charge is 0.338 e. The number of nitriles is 1. The van der Waals surface area contributed by atoms with Gasteiger partial charge in [-0.1, -0.05) is 42.0 Å². The van der Waals surface area contributed by atoms with Crippen molar-refractivity contribution in [1.29, 1.82) is 5.26 Å². The Morgan fingerprint density at radius 1 is 1.07 bits per heavy atom. The van der Waals surface area contributed by atoms with Gasteiger partial charge in [0.2, 0.25) is 10.0 Å². The number of sulfonamides is 1. The summed E-state index contributed by atoms with van der Waals surface area (Å²) in [5.41, 5.74) is 2.48. The molecule has 0 spiro atoms. The second-order valence-electron chi connectivity index (χ2n) is 6.97. The fraction of sp³-hybridized carbons (Fsp3) is 0.333. The summed E-state index contributed by atoms with van der Waals surface area (Å²) in [6.07, 6.45) is 0.741. The van der Waals surface area contributed by atoms with Gasteiger partial charge in [-0.25, -0.2) is 13.2 Å². The van der Waals surface area contributed by atoms with Crippen LogP contribution in [0.15, 0.2) is 53.4 Å². The number of carbonyl (C=O) groups excluding carboxylic acids is 1. The molecular weight excluding hydrogens is 388 g/mol. The maximum atomic E-state index is 12.9. The van der Waals surface area contributed by atoms with Crippen LogP contribution in [0.3, 0.4) is 0 Å². The monoisotopic (exact) mass is 412 g/mol. The Morgan fingerprint density at radius 3 is 2.38 bits per heavy atom. The lowest BCUT2D eigenvalue weighted by atomic mass is 10.1. The van der Waals surface area contributed by atoms with Crippen molar-refractivity contribution in [2.24, 2.45) is 0 Å². The van der Waals surface area contributed by atoms with E-state index in [9.17, 15) is 18.5 Å². The molecule has 2 aromatic carbocycles. The van der Waals surface area contributed by atoms with Crippen molar-refractivity contribution < 1.29 is 13.2 Å². The van der Waals surface area contributed by atoms with Crippen LogP contribution in [0.5, 0.6) is 0 Å². The number of nitrogens with zero attached hydrogens (tertiary/aromatic N) is 3. The molecule has 1 aliphatic heterocycles. The molecule has 0 aromatic heterocycles. The van der Waals surface area contributed by atoms with Crippen molar-refractivity contribution >= 4 is 16.1 Å². The highest BCUT2D eigenvalue weighted by molar-refractivity contribution is 7.89. The normalized spacial score (nSPS) is 15.0. The van der Waals surface area contributed by atoms with E-state index >= 15 is 0 Å². The van der Waals surface area contributed by atoms with Crippen LogP contribution in [-0.4, -0.2) is 56.4 Å². The lowest BCUT2D eigenvalue weighted by molar-refractivity contribution is 0.172. The number of benzene rings is 2. The van der Waals surface area contributed by atoms with Gasteiger partial charge in [-0.2, -0.15) is 9.57 Å². The second kappa shape index (κ2) is 9.07. The van der Waals surface area contributed by atoms with E-state index in [2.05, 4.69) is 5.32 Å². The standard InChI is InChI=1S/C21H24N4O3S/c1-17-6-8-18(9-7-17)10-11-23-21(26)24-12-14-25(15-13-24)29(27,28)20-5-3-2-4-19(20)16-22/h2-9H,10-15H2,1H3,(H,23,26). The molecule has 3 rings (SSSR count). The maximum absolute atomic E-state index is 12.9. The van der Waals surface area contributed by atoms with Gasteiger partial charge in [0.1, 0.15) is 6.07 Å². The number of hydrogen-bond donors (Lipinski definition) is 1. The Morgan fingerprint density at radius 2 is 1.72 bits per heavy atom. The number of carbonyl (C=O) groups is 1.